The molecule has 0 radical (unpaired) electrons. The Kier molecular flexibility index (Phi) is 0.995. The van der Waals surface area contributed by atoms with Gasteiger partial charge in [-0.05, 0) is 6.92 Å². The first kappa shape index (κ1) is 5.76. The number of hydrogen-bond donors (Lipinski definition) is 1. The van der Waals surface area contributed by atoms with E-state index in [-0.39, 0.29) is 5.84 Å². The third kappa shape index (κ3) is 0.664. The molecule has 1 aliphatic heterocycles. The number of nitrogens with zero attached hydrogens (tertiary/aromatic N) is 3. The average molecular weight is 122 g/mol. The molecular weight excluding hydrogens is 116 g/mol. The lowest BCUT2D eigenvalue weighted by Crippen LogP contribution is -2.35. The maximum atomic E-state index is 8.47. The SMILES string of the molecule is CC1(C#N)N=CN=C1N. The standard InChI is InChI=1S/C5H6N4/c1-5(2-6)4(7)8-3-9-5/h3H,1H3,(H2,7,8,9). The first-order valence-electron chi connectivity index (χ1n) is 2.48. The lowest BCUT2D eigenvalue weighted by atomic mass is 10.1. The van der Waals surface area contributed by atoms with Crippen molar-refractivity contribution in [1.82, 2.24) is 0 Å². The quantitative estimate of drug-likeness (QED) is 0.477. The summed E-state index contributed by atoms with van der Waals surface area (Å²) in [7, 11) is 0. The molecule has 4 heteroatoms. The summed E-state index contributed by atoms with van der Waals surface area (Å²) in [4.78, 5) is 7.39. The fraction of sp³-hybridized carbons (Fsp3) is 0.400. The highest BCUT2D eigenvalue weighted by Crippen LogP contribution is 2.11. The number of nitrogens with two attached hydrogens (primary N) is 1. The van der Waals surface area contributed by atoms with E-state index in [1.54, 1.807) is 6.92 Å². The molecule has 4 nitrogen and oxygen atoms in total. The van der Waals surface area contributed by atoms with Crippen LogP contribution in [0.1, 0.15) is 6.92 Å². The minimum atomic E-state index is -0.903. The topological polar surface area (TPSA) is 74.5 Å². The van der Waals surface area contributed by atoms with Crippen LogP contribution in [0.2, 0.25) is 0 Å². The lowest BCUT2D eigenvalue weighted by molar-refractivity contribution is 0.813. The van der Waals surface area contributed by atoms with Gasteiger partial charge in [-0.25, -0.2) is 9.98 Å². The van der Waals surface area contributed by atoms with Gasteiger partial charge in [0.05, 0.1) is 0 Å². The number of amidine groups is 1. The summed E-state index contributed by atoms with van der Waals surface area (Å²) < 4.78 is 0. The van der Waals surface area contributed by atoms with E-state index >= 15 is 0 Å². The van der Waals surface area contributed by atoms with Crippen LogP contribution < -0.4 is 5.73 Å². The van der Waals surface area contributed by atoms with E-state index in [1.807, 2.05) is 6.07 Å². The van der Waals surface area contributed by atoms with Gasteiger partial charge in [-0.3, -0.25) is 0 Å². The monoisotopic (exact) mass is 122 g/mol. The molecule has 0 aromatic carbocycles. The van der Waals surface area contributed by atoms with Crippen LogP contribution in [-0.4, -0.2) is 17.7 Å². The molecular formula is C5H6N4. The van der Waals surface area contributed by atoms with Crippen LogP contribution in [0.5, 0.6) is 0 Å². The molecule has 0 fully saturated rings. The van der Waals surface area contributed by atoms with E-state index in [4.69, 9.17) is 11.0 Å². The summed E-state index contributed by atoms with van der Waals surface area (Å²) in [5.74, 6) is 0.269. The molecule has 2 N–H and O–H groups in total. The van der Waals surface area contributed by atoms with E-state index in [0.29, 0.717) is 0 Å². The largest absolute Gasteiger partial charge is 0.384 e. The van der Waals surface area contributed by atoms with Crippen LogP contribution in [0.25, 0.3) is 0 Å². The molecule has 0 saturated heterocycles. The molecule has 0 aromatic heterocycles. The molecule has 46 valence electrons. The third-order valence-electron chi connectivity index (χ3n) is 1.23. The fourth-order valence-corrected chi connectivity index (χ4v) is 0.485. The molecule has 0 aromatic rings. The van der Waals surface area contributed by atoms with Gasteiger partial charge >= 0.3 is 0 Å². The van der Waals surface area contributed by atoms with Crippen molar-refractivity contribution in [3.05, 3.63) is 0 Å². The van der Waals surface area contributed by atoms with Crippen molar-refractivity contribution in [2.24, 2.45) is 15.7 Å². The molecule has 0 saturated carbocycles. The smallest absolute Gasteiger partial charge is 0.202 e. The van der Waals surface area contributed by atoms with Crippen LogP contribution >= 0.6 is 0 Å². The Bertz CT molecular complexity index is 222. The van der Waals surface area contributed by atoms with Crippen molar-refractivity contribution in [2.75, 3.05) is 0 Å². The van der Waals surface area contributed by atoms with Crippen LogP contribution in [-0.2, 0) is 0 Å². The highest BCUT2D eigenvalue weighted by Gasteiger charge is 2.29. The molecule has 1 atom stereocenters. The van der Waals surface area contributed by atoms with Crippen molar-refractivity contribution >= 4 is 12.2 Å². The second-order valence-electron chi connectivity index (χ2n) is 1.94. The van der Waals surface area contributed by atoms with Crippen molar-refractivity contribution in [3.8, 4) is 6.07 Å². The normalized spacial score (nSPS) is 31.8. The number of hydrogen-bond acceptors (Lipinski definition) is 4. The molecule has 1 unspecified atom stereocenters. The molecule has 1 rings (SSSR count). The number of rotatable bonds is 0. The Morgan fingerprint density at radius 3 is 2.78 bits per heavy atom. The van der Waals surface area contributed by atoms with Crippen LogP contribution in [0, 0.1) is 11.3 Å². The fourth-order valence-electron chi connectivity index (χ4n) is 0.485. The van der Waals surface area contributed by atoms with E-state index < -0.39 is 5.54 Å². The summed E-state index contributed by atoms with van der Waals surface area (Å²) in [6, 6.07) is 1.94. The minimum absolute atomic E-state index is 0.269. The summed E-state index contributed by atoms with van der Waals surface area (Å²) >= 11 is 0. The predicted molar refractivity (Wildman–Crippen MR) is 34.1 cm³/mol. The van der Waals surface area contributed by atoms with Crippen LogP contribution in [0.3, 0.4) is 0 Å². The summed E-state index contributed by atoms with van der Waals surface area (Å²) in [5, 5.41) is 8.47. The van der Waals surface area contributed by atoms with Crippen LogP contribution in [0.15, 0.2) is 9.98 Å². The Labute approximate surface area is 52.7 Å². The molecule has 9 heavy (non-hydrogen) atoms. The van der Waals surface area contributed by atoms with E-state index in [1.165, 1.54) is 6.34 Å². The summed E-state index contributed by atoms with van der Waals surface area (Å²) in [6.45, 7) is 1.62. The maximum absolute atomic E-state index is 8.47. The van der Waals surface area contributed by atoms with Gasteiger partial charge in [-0.2, -0.15) is 5.26 Å². The van der Waals surface area contributed by atoms with Gasteiger partial charge in [0, 0.05) is 0 Å². The second-order valence-corrected chi connectivity index (χ2v) is 1.94. The van der Waals surface area contributed by atoms with Crippen molar-refractivity contribution in [1.29, 1.82) is 5.26 Å². The zero-order valence-corrected chi connectivity index (χ0v) is 5.00. The predicted octanol–water partition coefficient (Wildman–Crippen LogP) is -0.332. The Morgan fingerprint density at radius 2 is 2.56 bits per heavy atom. The van der Waals surface area contributed by atoms with Gasteiger partial charge in [-0.1, -0.05) is 0 Å². The molecule has 0 amide bonds. The molecule has 0 spiro atoms. The number of aliphatic imine (C=N–C) groups is 2. The van der Waals surface area contributed by atoms with E-state index in [9.17, 15) is 0 Å². The maximum Gasteiger partial charge on any atom is 0.202 e. The highest BCUT2D eigenvalue weighted by atomic mass is 15.1. The summed E-state index contributed by atoms with van der Waals surface area (Å²) in [5.41, 5.74) is 4.42. The van der Waals surface area contributed by atoms with Gasteiger partial charge in [0.2, 0.25) is 5.54 Å². The van der Waals surface area contributed by atoms with Gasteiger partial charge in [0.1, 0.15) is 18.2 Å². The minimum Gasteiger partial charge on any atom is -0.384 e. The van der Waals surface area contributed by atoms with Gasteiger partial charge in [-0.15, -0.1) is 0 Å². The van der Waals surface area contributed by atoms with Gasteiger partial charge < -0.3 is 5.73 Å². The Morgan fingerprint density at radius 1 is 1.89 bits per heavy atom. The first-order valence-corrected chi connectivity index (χ1v) is 2.48. The van der Waals surface area contributed by atoms with Crippen molar-refractivity contribution in [3.63, 3.8) is 0 Å². The molecule has 0 bridgehead atoms. The van der Waals surface area contributed by atoms with Crippen LogP contribution in [0.4, 0.5) is 0 Å². The molecule has 1 aliphatic rings. The van der Waals surface area contributed by atoms with Crippen molar-refractivity contribution < 1.29 is 0 Å². The second kappa shape index (κ2) is 1.55. The number of nitriles is 1. The Balaban J connectivity index is 2.99. The molecule has 0 aliphatic carbocycles. The highest BCUT2D eigenvalue weighted by molar-refractivity contribution is 6.01. The first-order chi connectivity index (χ1) is 4.19. The van der Waals surface area contributed by atoms with E-state index in [2.05, 4.69) is 9.98 Å². The van der Waals surface area contributed by atoms with Crippen molar-refractivity contribution in [2.45, 2.75) is 12.5 Å². The zero-order chi connectivity index (χ0) is 6.91. The van der Waals surface area contributed by atoms with E-state index in [0.717, 1.165) is 0 Å². The third-order valence-corrected chi connectivity index (χ3v) is 1.23. The van der Waals surface area contributed by atoms with Gasteiger partial charge in [0.15, 0.2) is 0 Å². The lowest BCUT2D eigenvalue weighted by Gasteiger charge is -2.07. The molecule has 1 heterocycles. The zero-order valence-electron chi connectivity index (χ0n) is 5.00. The van der Waals surface area contributed by atoms with Gasteiger partial charge in [0.25, 0.3) is 0 Å². The average Bonchev–Trinajstić information content (AvgIpc) is 2.15. The summed E-state index contributed by atoms with van der Waals surface area (Å²) in [6.07, 6.45) is 1.30. The Hall–Kier alpha value is -1.37.